The number of methoxy groups -OCH3 is 1. The zero-order chi connectivity index (χ0) is 18.1. The van der Waals surface area contributed by atoms with Crippen molar-refractivity contribution in [2.75, 3.05) is 33.3 Å². The van der Waals surface area contributed by atoms with E-state index >= 15 is 0 Å². The lowest BCUT2D eigenvalue weighted by Gasteiger charge is -2.31. The van der Waals surface area contributed by atoms with Gasteiger partial charge in [-0.1, -0.05) is 26.0 Å². The third-order valence-electron chi connectivity index (χ3n) is 4.78. The van der Waals surface area contributed by atoms with E-state index in [9.17, 15) is 0 Å². The first-order valence-electron chi connectivity index (χ1n) is 9.53. The van der Waals surface area contributed by atoms with Crippen LogP contribution in [0, 0.1) is 5.92 Å². The highest BCUT2D eigenvalue weighted by Gasteiger charge is 2.24. The molecule has 26 heavy (non-hydrogen) atoms. The van der Waals surface area contributed by atoms with E-state index in [-0.39, 0.29) is 24.0 Å². The Balaban J connectivity index is 0.00000338. The maximum absolute atomic E-state index is 5.20. The quantitative estimate of drug-likeness (QED) is 0.344. The van der Waals surface area contributed by atoms with Gasteiger partial charge in [0.15, 0.2) is 5.96 Å². The third-order valence-corrected chi connectivity index (χ3v) is 4.78. The maximum Gasteiger partial charge on any atom is 0.191 e. The largest absolute Gasteiger partial charge is 0.497 e. The molecule has 0 aliphatic carbocycles. The van der Waals surface area contributed by atoms with Crippen molar-refractivity contribution in [1.82, 2.24) is 15.5 Å². The fraction of sp³-hybridized carbons (Fsp3) is 0.650. The maximum atomic E-state index is 5.20. The number of likely N-dealkylation sites (tertiary alicyclic amines) is 1. The highest BCUT2D eigenvalue weighted by atomic mass is 127. The smallest absolute Gasteiger partial charge is 0.191 e. The van der Waals surface area contributed by atoms with E-state index in [1.54, 1.807) is 7.11 Å². The van der Waals surface area contributed by atoms with Crippen molar-refractivity contribution in [3.63, 3.8) is 0 Å². The molecule has 1 aromatic rings. The van der Waals surface area contributed by atoms with Gasteiger partial charge < -0.3 is 15.4 Å². The van der Waals surface area contributed by atoms with Gasteiger partial charge in [0.1, 0.15) is 5.75 Å². The summed E-state index contributed by atoms with van der Waals surface area (Å²) in [4.78, 5) is 7.35. The molecule has 1 aromatic carbocycles. The van der Waals surface area contributed by atoms with Crippen LogP contribution in [0.1, 0.15) is 39.2 Å². The molecule has 0 radical (unpaired) electrons. The second kappa shape index (κ2) is 12.4. The molecule has 0 amide bonds. The van der Waals surface area contributed by atoms with Crippen LogP contribution in [-0.4, -0.2) is 50.2 Å². The average Bonchev–Trinajstić information content (AvgIpc) is 3.14. The molecule has 1 aliphatic heterocycles. The number of hydrogen-bond acceptors (Lipinski definition) is 3. The zero-order valence-electron chi connectivity index (χ0n) is 16.6. The van der Waals surface area contributed by atoms with Crippen LogP contribution in [0.2, 0.25) is 0 Å². The first kappa shape index (κ1) is 23.0. The van der Waals surface area contributed by atoms with Crippen molar-refractivity contribution in [2.24, 2.45) is 10.9 Å². The van der Waals surface area contributed by atoms with E-state index < -0.39 is 0 Å². The molecule has 5 nitrogen and oxygen atoms in total. The number of rotatable bonds is 8. The van der Waals surface area contributed by atoms with Crippen LogP contribution >= 0.6 is 24.0 Å². The summed E-state index contributed by atoms with van der Waals surface area (Å²) in [7, 11) is 1.69. The van der Waals surface area contributed by atoms with E-state index in [0.29, 0.717) is 18.5 Å². The summed E-state index contributed by atoms with van der Waals surface area (Å²) in [5.41, 5.74) is 1.18. The predicted molar refractivity (Wildman–Crippen MR) is 121 cm³/mol. The fourth-order valence-electron chi connectivity index (χ4n) is 3.30. The van der Waals surface area contributed by atoms with Gasteiger partial charge in [-0.2, -0.15) is 0 Å². The molecule has 2 rings (SSSR count). The number of hydrogen-bond donors (Lipinski definition) is 2. The number of aliphatic imine (C=N–C) groups is 1. The van der Waals surface area contributed by atoms with Gasteiger partial charge in [0.2, 0.25) is 0 Å². The van der Waals surface area contributed by atoms with Gasteiger partial charge in [0.05, 0.1) is 13.7 Å². The lowest BCUT2D eigenvalue weighted by Crippen LogP contribution is -2.48. The van der Waals surface area contributed by atoms with Crippen LogP contribution in [0.3, 0.4) is 0 Å². The van der Waals surface area contributed by atoms with Gasteiger partial charge in [-0.15, -0.1) is 24.0 Å². The molecule has 0 aromatic heterocycles. The van der Waals surface area contributed by atoms with E-state index in [1.807, 2.05) is 12.1 Å². The second-order valence-corrected chi connectivity index (χ2v) is 6.98. The lowest BCUT2D eigenvalue weighted by atomic mass is 10.0. The molecule has 0 bridgehead atoms. The van der Waals surface area contributed by atoms with Gasteiger partial charge in [-0.25, -0.2) is 4.99 Å². The van der Waals surface area contributed by atoms with Gasteiger partial charge >= 0.3 is 0 Å². The second-order valence-electron chi connectivity index (χ2n) is 6.98. The molecule has 1 saturated heterocycles. The summed E-state index contributed by atoms with van der Waals surface area (Å²) in [6.45, 7) is 11.6. The van der Waals surface area contributed by atoms with Crippen molar-refractivity contribution in [1.29, 1.82) is 0 Å². The molecule has 1 unspecified atom stereocenters. The van der Waals surface area contributed by atoms with E-state index in [0.717, 1.165) is 24.8 Å². The van der Waals surface area contributed by atoms with Crippen molar-refractivity contribution < 1.29 is 4.74 Å². The van der Waals surface area contributed by atoms with Crippen molar-refractivity contribution in [3.05, 3.63) is 29.8 Å². The Bertz CT molecular complexity index is 527. The Morgan fingerprint density at radius 3 is 2.35 bits per heavy atom. The molecular formula is C20H35IN4O. The average molecular weight is 474 g/mol. The standard InChI is InChI=1S/C20H34N4O.HI/c1-5-21-20(22-14-17-8-10-18(25-4)11-9-17)23-15-19(16(2)3)24-12-6-7-13-24;/h8-11,16,19H,5-7,12-15H2,1-4H3,(H2,21,22,23);1H. The molecule has 1 heterocycles. The highest BCUT2D eigenvalue weighted by Crippen LogP contribution is 2.17. The fourth-order valence-corrected chi connectivity index (χ4v) is 3.30. The van der Waals surface area contributed by atoms with Crippen molar-refractivity contribution in [2.45, 2.75) is 46.2 Å². The Hall–Kier alpha value is -1.02. The number of halogens is 1. The van der Waals surface area contributed by atoms with Crippen molar-refractivity contribution in [3.8, 4) is 5.75 Å². The molecule has 2 N–H and O–H groups in total. The molecule has 1 fully saturated rings. The molecule has 0 saturated carbocycles. The first-order chi connectivity index (χ1) is 12.1. The number of guanidine groups is 1. The van der Waals surface area contributed by atoms with E-state index in [4.69, 9.17) is 9.73 Å². The van der Waals surface area contributed by atoms with Gasteiger partial charge in [0, 0.05) is 19.1 Å². The number of benzene rings is 1. The molecule has 1 aliphatic rings. The number of nitrogens with one attached hydrogen (secondary N) is 2. The zero-order valence-corrected chi connectivity index (χ0v) is 19.0. The number of nitrogens with zero attached hydrogens (tertiary/aromatic N) is 2. The monoisotopic (exact) mass is 474 g/mol. The summed E-state index contributed by atoms with van der Waals surface area (Å²) in [6, 6.07) is 8.65. The summed E-state index contributed by atoms with van der Waals surface area (Å²) >= 11 is 0. The van der Waals surface area contributed by atoms with Crippen LogP contribution in [0.25, 0.3) is 0 Å². The summed E-state index contributed by atoms with van der Waals surface area (Å²) in [5.74, 6) is 2.40. The Morgan fingerprint density at radius 2 is 1.81 bits per heavy atom. The van der Waals surface area contributed by atoms with Crippen LogP contribution in [-0.2, 0) is 6.54 Å². The molecular weight excluding hydrogens is 439 g/mol. The van der Waals surface area contributed by atoms with E-state index in [2.05, 4.69) is 48.4 Å². The minimum absolute atomic E-state index is 0. The Kier molecular flexibility index (Phi) is 11.0. The third kappa shape index (κ3) is 7.31. The molecule has 6 heteroatoms. The minimum Gasteiger partial charge on any atom is -0.497 e. The molecule has 0 spiro atoms. The van der Waals surface area contributed by atoms with E-state index in [1.165, 1.54) is 31.5 Å². The Labute approximate surface area is 176 Å². The molecule has 1 atom stereocenters. The minimum atomic E-state index is 0. The summed E-state index contributed by atoms with van der Waals surface area (Å²) < 4.78 is 5.20. The summed E-state index contributed by atoms with van der Waals surface area (Å²) in [5, 5.41) is 6.90. The van der Waals surface area contributed by atoms with Gasteiger partial charge in [-0.3, -0.25) is 4.90 Å². The highest BCUT2D eigenvalue weighted by molar-refractivity contribution is 14.0. The van der Waals surface area contributed by atoms with Crippen LogP contribution < -0.4 is 15.4 Å². The summed E-state index contributed by atoms with van der Waals surface area (Å²) in [6.07, 6.45) is 2.66. The van der Waals surface area contributed by atoms with Crippen molar-refractivity contribution >= 4 is 29.9 Å². The lowest BCUT2D eigenvalue weighted by molar-refractivity contribution is 0.192. The normalized spacial score (nSPS) is 16.3. The van der Waals surface area contributed by atoms with Crippen LogP contribution in [0.4, 0.5) is 0 Å². The first-order valence-corrected chi connectivity index (χ1v) is 9.53. The van der Waals surface area contributed by atoms with Crippen LogP contribution in [0.5, 0.6) is 5.75 Å². The molecule has 148 valence electrons. The predicted octanol–water partition coefficient (Wildman–Crippen LogP) is 3.49. The number of ether oxygens (including phenoxy) is 1. The van der Waals surface area contributed by atoms with Crippen LogP contribution in [0.15, 0.2) is 29.3 Å². The van der Waals surface area contributed by atoms with Gasteiger partial charge in [-0.05, 0) is 56.5 Å². The topological polar surface area (TPSA) is 48.9 Å². The SMILES string of the molecule is CCNC(=NCc1ccc(OC)cc1)NCC(C(C)C)N1CCCC1.I. The van der Waals surface area contributed by atoms with Gasteiger partial charge in [0.25, 0.3) is 0 Å². The Morgan fingerprint density at radius 1 is 1.15 bits per heavy atom.